The van der Waals surface area contributed by atoms with Crippen LogP contribution in [0.2, 0.25) is 0 Å². The number of rotatable bonds is 8. The zero-order valence-electron chi connectivity index (χ0n) is 18.8. The topological polar surface area (TPSA) is 61.6 Å². The Morgan fingerprint density at radius 2 is 1.15 bits per heavy atom. The van der Waals surface area contributed by atoms with Crippen LogP contribution in [0.3, 0.4) is 0 Å². The van der Waals surface area contributed by atoms with Gasteiger partial charge < -0.3 is 19.1 Å². The normalized spacial score (nSPS) is 31.6. The molecular formula is C27H30N2O4. The van der Waals surface area contributed by atoms with Crippen molar-refractivity contribution in [2.45, 2.75) is 51.1 Å². The quantitative estimate of drug-likeness (QED) is 0.588. The van der Waals surface area contributed by atoms with E-state index in [9.17, 15) is 0 Å². The highest BCUT2D eigenvalue weighted by Crippen LogP contribution is 2.56. The van der Waals surface area contributed by atoms with E-state index in [1.54, 1.807) is 0 Å². The molecule has 0 bridgehead atoms. The van der Waals surface area contributed by atoms with E-state index in [0.717, 1.165) is 25.7 Å². The van der Waals surface area contributed by atoms with E-state index in [1.807, 2.05) is 36.4 Å². The highest BCUT2D eigenvalue weighted by Gasteiger charge is 2.61. The predicted octanol–water partition coefficient (Wildman–Crippen LogP) is 4.74. The van der Waals surface area contributed by atoms with Crippen LogP contribution in [0.1, 0.15) is 36.8 Å². The molecule has 0 radical (unpaired) electrons. The Kier molecular flexibility index (Phi) is 5.64. The van der Waals surface area contributed by atoms with Crippen LogP contribution >= 0.6 is 0 Å². The molecule has 4 aliphatic rings. The van der Waals surface area contributed by atoms with Crippen molar-refractivity contribution in [2.75, 3.05) is 13.2 Å². The molecule has 172 valence electrons. The average Bonchev–Trinajstić information content (AvgIpc) is 3.61. The molecule has 2 unspecified atom stereocenters. The van der Waals surface area contributed by atoms with Gasteiger partial charge in [-0.25, -0.2) is 0 Å². The summed E-state index contributed by atoms with van der Waals surface area (Å²) in [6.07, 6.45) is 4.28. The molecule has 0 amide bonds. The largest absolute Gasteiger partial charge is 0.389 e. The lowest BCUT2D eigenvalue weighted by molar-refractivity contribution is -0.0216. The summed E-state index contributed by atoms with van der Waals surface area (Å²) in [6.45, 7) is 2.32. The van der Waals surface area contributed by atoms with Crippen LogP contribution in [0.4, 0.5) is 0 Å². The fraction of sp³-hybridized carbons (Fsp3) is 0.481. The maximum Gasteiger partial charge on any atom is 0.158 e. The van der Waals surface area contributed by atoms with Crippen molar-refractivity contribution in [3.8, 4) is 0 Å². The van der Waals surface area contributed by atoms with Crippen molar-refractivity contribution >= 4 is 11.4 Å². The SMILES string of the molecule is c1ccc(COCC2ON=C3[C@@H]2CCC32CC[C@H]3C2=NO[C@@H]3COCc2ccccc2)cc1. The standard InChI is InChI=1S/C27H30N2O4/c1-3-7-19(8-4-1)15-30-17-23-21-11-13-27(25(21)28-32-23)14-12-22-24(33-29-26(22)27)18-31-16-20-9-5-2-6-10-20/h1-10,21-24H,11-18H2/t21-,22-,23-,24?,27?/m1/s1. The van der Waals surface area contributed by atoms with Crippen molar-refractivity contribution in [2.24, 2.45) is 27.6 Å². The number of benzene rings is 2. The van der Waals surface area contributed by atoms with Gasteiger partial charge in [-0.15, -0.1) is 0 Å². The van der Waals surface area contributed by atoms with Crippen LogP contribution < -0.4 is 0 Å². The number of fused-ring (bicyclic) bond motifs is 4. The van der Waals surface area contributed by atoms with Crippen molar-refractivity contribution < 1.29 is 19.1 Å². The number of hydrogen-bond donors (Lipinski definition) is 0. The maximum absolute atomic E-state index is 5.98. The maximum atomic E-state index is 5.98. The summed E-state index contributed by atoms with van der Waals surface area (Å²) in [7, 11) is 0. The van der Waals surface area contributed by atoms with Crippen LogP contribution in [0.15, 0.2) is 71.0 Å². The highest BCUT2D eigenvalue weighted by atomic mass is 16.7. The summed E-state index contributed by atoms with van der Waals surface area (Å²) < 4.78 is 12.0. The first-order valence-corrected chi connectivity index (χ1v) is 12.1. The smallest absolute Gasteiger partial charge is 0.158 e. The minimum Gasteiger partial charge on any atom is -0.389 e. The molecule has 2 aromatic rings. The van der Waals surface area contributed by atoms with Crippen molar-refractivity contribution in [1.29, 1.82) is 0 Å². The Bertz CT molecular complexity index is 939. The lowest BCUT2D eigenvalue weighted by atomic mass is 9.78. The van der Waals surface area contributed by atoms with E-state index in [0.29, 0.717) is 38.3 Å². The third kappa shape index (κ3) is 3.85. The Hall–Kier alpha value is -2.70. The van der Waals surface area contributed by atoms with Gasteiger partial charge in [-0.1, -0.05) is 71.0 Å². The van der Waals surface area contributed by atoms with Crippen LogP contribution in [0.25, 0.3) is 0 Å². The van der Waals surface area contributed by atoms with Crippen LogP contribution in [-0.2, 0) is 32.4 Å². The second-order valence-electron chi connectivity index (χ2n) is 9.61. The number of ether oxygens (including phenoxy) is 2. The molecule has 2 aromatic carbocycles. The number of hydrogen-bond acceptors (Lipinski definition) is 6. The molecule has 0 saturated heterocycles. The van der Waals surface area contributed by atoms with Crippen molar-refractivity contribution in [1.82, 2.24) is 0 Å². The van der Waals surface area contributed by atoms with Gasteiger partial charge in [-0.05, 0) is 36.8 Å². The Balaban J connectivity index is 1.04. The predicted molar refractivity (Wildman–Crippen MR) is 125 cm³/mol. The molecule has 2 fully saturated rings. The van der Waals surface area contributed by atoms with Crippen molar-refractivity contribution in [3.63, 3.8) is 0 Å². The van der Waals surface area contributed by atoms with Gasteiger partial charge in [0.1, 0.15) is 0 Å². The molecule has 6 rings (SSSR count). The zero-order chi connectivity index (χ0) is 22.1. The molecule has 1 spiro atoms. The molecule has 2 aliphatic heterocycles. The minimum absolute atomic E-state index is 0.00457. The zero-order valence-corrected chi connectivity index (χ0v) is 18.8. The third-order valence-electron chi connectivity index (χ3n) is 7.71. The monoisotopic (exact) mass is 446 g/mol. The van der Waals surface area contributed by atoms with E-state index in [-0.39, 0.29) is 17.6 Å². The van der Waals surface area contributed by atoms with Gasteiger partial charge in [0.15, 0.2) is 12.2 Å². The molecule has 0 N–H and O–H groups in total. The van der Waals surface area contributed by atoms with Gasteiger partial charge in [0.2, 0.25) is 0 Å². The molecular weight excluding hydrogens is 416 g/mol. The van der Waals surface area contributed by atoms with Gasteiger partial charge in [0.05, 0.1) is 43.3 Å². The average molecular weight is 447 g/mol. The second-order valence-corrected chi connectivity index (χ2v) is 9.61. The van der Waals surface area contributed by atoms with Gasteiger partial charge in [0, 0.05) is 11.8 Å². The number of oxime groups is 2. The van der Waals surface area contributed by atoms with E-state index in [2.05, 4.69) is 34.6 Å². The first kappa shape index (κ1) is 20.9. The van der Waals surface area contributed by atoms with E-state index < -0.39 is 0 Å². The third-order valence-corrected chi connectivity index (χ3v) is 7.71. The molecule has 2 saturated carbocycles. The molecule has 0 aromatic heterocycles. The molecule has 6 heteroatoms. The summed E-state index contributed by atoms with van der Waals surface area (Å²) in [5, 5.41) is 9.19. The molecule has 2 aliphatic carbocycles. The summed E-state index contributed by atoms with van der Waals surface area (Å²) in [5.74, 6) is 0.631. The van der Waals surface area contributed by atoms with E-state index >= 15 is 0 Å². The fourth-order valence-corrected chi connectivity index (χ4v) is 6.01. The minimum atomic E-state index is -0.0856. The lowest BCUT2D eigenvalue weighted by Crippen LogP contribution is -2.36. The summed E-state index contributed by atoms with van der Waals surface area (Å²) >= 11 is 0. The Morgan fingerprint density at radius 1 is 0.697 bits per heavy atom. The first-order chi connectivity index (χ1) is 16.3. The van der Waals surface area contributed by atoms with Gasteiger partial charge in [0.25, 0.3) is 0 Å². The Morgan fingerprint density at radius 3 is 1.61 bits per heavy atom. The fourth-order valence-electron chi connectivity index (χ4n) is 6.01. The van der Waals surface area contributed by atoms with Gasteiger partial charge in [-0.2, -0.15) is 0 Å². The summed E-state index contributed by atoms with van der Waals surface area (Å²) in [6, 6.07) is 20.5. The number of nitrogens with zero attached hydrogens (tertiary/aromatic N) is 2. The highest BCUT2D eigenvalue weighted by molar-refractivity contribution is 6.16. The summed E-state index contributed by atoms with van der Waals surface area (Å²) in [4.78, 5) is 11.8. The molecule has 33 heavy (non-hydrogen) atoms. The van der Waals surface area contributed by atoms with Crippen LogP contribution in [-0.4, -0.2) is 36.8 Å². The van der Waals surface area contributed by atoms with E-state index in [4.69, 9.17) is 19.1 Å². The first-order valence-electron chi connectivity index (χ1n) is 12.1. The molecule has 2 heterocycles. The summed E-state index contributed by atoms with van der Waals surface area (Å²) in [5.41, 5.74) is 4.61. The molecule has 6 nitrogen and oxygen atoms in total. The van der Waals surface area contributed by atoms with Crippen LogP contribution in [0.5, 0.6) is 0 Å². The second kappa shape index (κ2) is 8.92. The lowest BCUT2D eigenvalue weighted by Gasteiger charge is -2.22. The van der Waals surface area contributed by atoms with Gasteiger partial charge in [-0.3, -0.25) is 0 Å². The van der Waals surface area contributed by atoms with E-state index in [1.165, 1.54) is 22.6 Å². The molecule has 5 atom stereocenters. The van der Waals surface area contributed by atoms with Crippen molar-refractivity contribution in [3.05, 3.63) is 71.8 Å². The van der Waals surface area contributed by atoms with Crippen LogP contribution in [0, 0.1) is 17.3 Å². The Labute approximate surface area is 194 Å². The van der Waals surface area contributed by atoms with Gasteiger partial charge >= 0.3 is 0 Å².